The fourth-order valence-electron chi connectivity index (χ4n) is 2.41. The number of hydrogen-bond donors (Lipinski definition) is 2. The third-order valence-electron chi connectivity index (χ3n) is 3.89. The van der Waals surface area contributed by atoms with Gasteiger partial charge in [-0.1, -0.05) is 24.3 Å². The van der Waals surface area contributed by atoms with Crippen molar-refractivity contribution in [2.45, 2.75) is 19.4 Å². The van der Waals surface area contributed by atoms with Crippen molar-refractivity contribution in [2.24, 2.45) is 4.99 Å². The van der Waals surface area contributed by atoms with Crippen molar-refractivity contribution in [1.29, 1.82) is 0 Å². The summed E-state index contributed by atoms with van der Waals surface area (Å²) in [6.07, 6.45) is 6.30. The van der Waals surface area contributed by atoms with Crippen LogP contribution in [0.5, 0.6) is 11.6 Å². The molecule has 0 amide bonds. The van der Waals surface area contributed by atoms with Gasteiger partial charge >= 0.3 is 0 Å². The molecule has 2 N–H and O–H groups in total. The number of hydrogen-bond acceptors (Lipinski definition) is 5. The lowest BCUT2D eigenvalue weighted by molar-refractivity contribution is 0.212. The Bertz CT molecular complexity index is 687. The summed E-state index contributed by atoms with van der Waals surface area (Å²) in [6, 6.07) is 13.6. The van der Waals surface area contributed by atoms with Crippen molar-refractivity contribution in [2.75, 3.05) is 38.8 Å². The number of nitrogens with zero attached hydrogens (tertiary/aromatic N) is 2. The molecule has 0 aliphatic carbocycles. The number of pyridine rings is 1. The Morgan fingerprint density at radius 1 is 1.03 bits per heavy atom. The van der Waals surface area contributed by atoms with Crippen molar-refractivity contribution >= 4 is 41.7 Å². The molecule has 0 atom stereocenters. The van der Waals surface area contributed by atoms with Gasteiger partial charge in [0.05, 0.1) is 0 Å². The van der Waals surface area contributed by atoms with Gasteiger partial charge in [0, 0.05) is 32.4 Å². The number of ether oxygens (including phenoxy) is 2. The van der Waals surface area contributed by atoms with Crippen LogP contribution in [-0.2, 0) is 6.54 Å². The Labute approximate surface area is 195 Å². The van der Waals surface area contributed by atoms with Crippen LogP contribution in [0.25, 0.3) is 0 Å². The quantitative estimate of drug-likeness (QED) is 0.188. The van der Waals surface area contributed by atoms with Crippen molar-refractivity contribution in [3.05, 3.63) is 54.2 Å². The number of guanidine groups is 1. The monoisotopic (exact) mass is 530 g/mol. The van der Waals surface area contributed by atoms with Gasteiger partial charge in [-0.3, -0.25) is 4.99 Å². The number of halogens is 1. The molecule has 1 aromatic heterocycles. The molecule has 0 fully saturated rings. The van der Waals surface area contributed by atoms with E-state index in [9.17, 15) is 0 Å². The summed E-state index contributed by atoms with van der Waals surface area (Å²) in [4.78, 5) is 8.59. The summed E-state index contributed by atoms with van der Waals surface area (Å²) in [5.41, 5.74) is 1.07. The van der Waals surface area contributed by atoms with Crippen molar-refractivity contribution < 1.29 is 9.47 Å². The van der Waals surface area contributed by atoms with E-state index >= 15 is 0 Å². The van der Waals surface area contributed by atoms with E-state index in [0.717, 1.165) is 30.2 Å². The summed E-state index contributed by atoms with van der Waals surface area (Å²) >= 11 is 1.88. The number of para-hydroxylation sites is 1. The second-order valence-electron chi connectivity index (χ2n) is 6.07. The summed E-state index contributed by atoms with van der Waals surface area (Å²) in [6.45, 7) is 2.52. The molecule has 0 aliphatic heterocycles. The van der Waals surface area contributed by atoms with Crippen LogP contribution in [-0.4, -0.2) is 49.8 Å². The molecule has 29 heavy (non-hydrogen) atoms. The van der Waals surface area contributed by atoms with E-state index in [1.807, 2.05) is 60.4 Å². The van der Waals surface area contributed by atoms with Crippen LogP contribution in [0.2, 0.25) is 0 Å². The number of unbranched alkanes of at least 4 members (excludes halogenated alkanes) is 1. The molecule has 0 bridgehead atoms. The first-order chi connectivity index (χ1) is 13.8. The molecule has 1 heterocycles. The molecular formula is C21H31IN4O2S. The zero-order valence-electron chi connectivity index (χ0n) is 17.1. The van der Waals surface area contributed by atoms with Crippen LogP contribution in [0.3, 0.4) is 0 Å². The Hall–Kier alpha value is -1.68. The highest BCUT2D eigenvalue weighted by molar-refractivity contribution is 14.0. The standard InChI is InChI=1S/C21H30N4O2S.HI/c1-22-21(23-12-6-7-15-28-2)25-17-18-10-11-20(24-16-18)27-14-13-26-19-8-4-3-5-9-19;/h3-5,8-11,16H,6-7,12-15,17H2,1-2H3,(H2,22,23,25);1H. The number of benzene rings is 1. The van der Waals surface area contributed by atoms with Crippen molar-refractivity contribution in [3.63, 3.8) is 0 Å². The highest BCUT2D eigenvalue weighted by Crippen LogP contribution is 2.10. The van der Waals surface area contributed by atoms with Gasteiger partial charge in [-0.05, 0) is 42.5 Å². The van der Waals surface area contributed by atoms with Crippen LogP contribution < -0.4 is 20.1 Å². The first-order valence-electron chi connectivity index (χ1n) is 9.51. The summed E-state index contributed by atoms with van der Waals surface area (Å²) < 4.78 is 11.2. The van der Waals surface area contributed by atoms with Crippen molar-refractivity contribution in [3.8, 4) is 11.6 Å². The van der Waals surface area contributed by atoms with E-state index in [1.54, 1.807) is 7.05 Å². The minimum atomic E-state index is 0. The Kier molecular flexibility index (Phi) is 14.1. The number of thioether (sulfide) groups is 1. The largest absolute Gasteiger partial charge is 0.490 e. The Morgan fingerprint density at radius 2 is 1.83 bits per heavy atom. The van der Waals surface area contributed by atoms with Gasteiger partial charge in [0.25, 0.3) is 0 Å². The van der Waals surface area contributed by atoms with Crippen LogP contribution in [0.15, 0.2) is 53.7 Å². The number of rotatable bonds is 12. The SMILES string of the molecule is CN=C(NCCCCSC)NCc1ccc(OCCOc2ccccc2)nc1.I. The van der Waals surface area contributed by atoms with Gasteiger partial charge in [0.15, 0.2) is 5.96 Å². The molecule has 160 valence electrons. The first-order valence-corrected chi connectivity index (χ1v) is 10.9. The lowest BCUT2D eigenvalue weighted by atomic mass is 10.3. The first kappa shape index (κ1) is 25.4. The van der Waals surface area contributed by atoms with Gasteiger partial charge in [-0.2, -0.15) is 11.8 Å². The molecule has 0 saturated heterocycles. The van der Waals surface area contributed by atoms with Gasteiger partial charge in [-0.25, -0.2) is 4.98 Å². The minimum Gasteiger partial charge on any atom is -0.490 e. The fraction of sp³-hybridized carbons (Fsp3) is 0.429. The zero-order chi connectivity index (χ0) is 19.9. The van der Waals surface area contributed by atoms with E-state index in [-0.39, 0.29) is 24.0 Å². The molecule has 0 unspecified atom stereocenters. The number of aromatic nitrogens is 1. The molecule has 0 radical (unpaired) electrons. The second-order valence-corrected chi connectivity index (χ2v) is 7.05. The summed E-state index contributed by atoms with van der Waals surface area (Å²) in [7, 11) is 1.78. The predicted molar refractivity (Wildman–Crippen MR) is 133 cm³/mol. The third-order valence-corrected chi connectivity index (χ3v) is 4.59. The number of nitrogens with one attached hydrogen (secondary N) is 2. The molecule has 6 nitrogen and oxygen atoms in total. The molecule has 1 aromatic carbocycles. The lowest BCUT2D eigenvalue weighted by Gasteiger charge is -2.12. The highest BCUT2D eigenvalue weighted by Gasteiger charge is 2.01. The molecule has 0 saturated carbocycles. The van der Waals surface area contributed by atoms with Gasteiger partial charge in [0.1, 0.15) is 19.0 Å². The van der Waals surface area contributed by atoms with Crippen LogP contribution in [0, 0.1) is 0 Å². The van der Waals surface area contributed by atoms with E-state index < -0.39 is 0 Å². The average Bonchev–Trinajstić information content (AvgIpc) is 2.75. The maximum absolute atomic E-state index is 5.62. The predicted octanol–water partition coefficient (Wildman–Crippen LogP) is 3.97. The maximum Gasteiger partial charge on any atom is 0.213 e. The second kappa shape index (κ2) is 16.2. The maximum atomic E-state index is 5.62. The minimum absolute atomic E-state index is 0. The van der Waals surface area contributed by atoms with Crippen LogP contribution in [0.1, 0.15) is 18.4 Å². The van der Waals surface area contributed by atoms with Crippen molar-refractivity contribution in [1.82, 2.24) is 15.6 Å². The smallest absolute Gasteiger partial charge is 0.213 e. The average molecular weight is 530 g/mol. The van der Waals surface area contributed by atoms with E-state index in [2.05, 4.69) is 26.9 Å². The van der Waals surface area contributed by atoms with Gasteiger partial charge in [-0.15, -0.1) is 24.0 Å². The van der Waals surface area contributed by atoms with Crippen LogP contribution >= 0.6 is 35.7 Å². The lowest BCUT2D eigenvalue weighted by Crippen LogP contribution is -2.37. The van der Waals surface area contributed by atoms with E-state index in [4.69, 9.17) is 9.47 Å². The van der Waals surface area contributed by atoms with Gasteiger partial charge in [0.2, 0.25) is 5.88 Å². The number of aliphatic imine (C=N–C) groups is 1. The fourth-order valence-corrected chi connectivity index (χ4v) is 2.90. The topological polar surface area (TPSA) is 67.8 Å². The molecule has 0 spiro atoms. The highest BCUT2D eigenvalue weighted by atomic mass is 127. The van der Waals surface area contributed by atoms with Crippen LogP contribution in [0.4, 0.5) is 0 Å². The summed E-state index contributed by atoms with van der Waals surface area (Å²) in [5.74, 6) is 3.44. The zero-order valence-corrected chi connectivity index (χ0v) is 20.2. The van der Waals surface area contributed by atoms with E-state index in [1.165, 1.54) is 12.2 Å². The molecule has 0 aliphatic rings. The van der Waals surface area contributed by atoms with Gasteiger partial charge < -0.3 is 20.1 Å². The molecule has 2 rings (SSSR count). The summed E-state index contributed by atoms with van der Waals surface area (Å²) in [5, 5.41) is 6.63. The molecule has 2 aromatic rings. The molecular weight excluding hydrogens is 499 g/mol. The Balaban J connectivity index is 0.00000420. The molecule has 8 heteroatoms. The Morgan fingerprint density at radius 3 is 2.52 bits per heavy atom. The normalized spacial score (nSPS) is 10.8. The van der Waals surface area contributed by atoms with E-state index in [0.29, 0.717) is 25.6 Å². The third kappa shape index (κ3) is 11.2.